The second-order valence-corrected chi connectivity index (χ2v) is 10.0. The third-order valence-corrected chi connectivity index (χ3v) is 7.14. The first-order chi connectivity index (χ1) is 14.3. The van der Waals surface area contributed by atoms with Crippen LogP contribution in [0.5, 0.6) is 0 Å². The van der Waals surface area contributed by atoms with E-state index in [9.17, 15) is 17.9 Å². The largest absolute Gasteiger partial charge is 0.387 e. The van der Waals surface area contributed by atoms with Crippen molar-refractivity contribution in [3.63, 3.8) is 0 Å². The Morgan fingerprint density at radius 2 is 1.73 bits per heavy atom. The minimum absolute atomic E-state index is 0.231. The molecule has 0 bridgehead atoms. The summed E-state index contributed by atoms with van der Waals surface area (Å²) in [6, 6.07) is 12.2. The Hall–Kier alpha value is -2.16. The fourth-order valence-electron chi connectivity index (χ4n) is 4.32. The van der Waals surface area contributed by atoms with Crippen LogP contribution in [-0.2, 0) is 16.4 Å². The van der Waals surface area contributed by atoms with E-state index in [1.54, 1.807) is 12.1 Å². The van der Waals surface area contributed by atoms with Crippen molar-refractivity contribution in [3.8, 4) is 0 Å². The molecule has 8 heteroatoms. The molecule has 0 amide bonds. The van der Waals surface area contributed by atoms with Gasteiger partial charge in [0.2, 0.25) is 10.0 Å². The number of rotatable bonds is 5. The maximum atomic E-state index is 13.1. The van der Waals surface area contributed by atoms with Crippen molar-refractivity contribution in [1.82, 2.24) is 4.90 Å². The maximum Gasteiger partial charge on any atom is 0.232 e. The molecule has 1 saturated heterocycles. The molecular formula is C22H28FN3O3S. The number of hydrogen-bond acceptors (Lipinski definition) is 5. The fraction of sp³-hybridized carbons (Fsp3) is 0.455. The number of piperazine rings is 1. The van der Waals surface area contributed by atoms with Crippen molar-refractivity contribution in [2.45, 2.75) is 18.9 Å². The lowest BCUT2D eigenvalue weighted by molar-refractivity contribution is 0.109. The molecule has 0 spiro atoms. The Morgan fingerprint density at radius 1 is 1.03 bits per heavy atom. The third kappa shape index (κ3) is 4.61. The van der Waals surface area contributed by atoms with Crippen LogP contribution in [0.4, 0.5) is 15.8 Å². The van der Waals surface area contributed by atoms with E-state index in [2.05, 4.69) is 9.80 Å². The summed E-state index contributed by atoms with van der Waals surface area (Å²) in [4.78, 5) is 4.45. The minimum Gasteiger partial charge on any atom is -0.387 e. The standard InChI is InChI=1S/C22H28FN3O3S/c1-30(28,29)26-10-2-3-17-15-18(4-9-21(17)26)22(27)16-24-11-13-25(14-12-24)20-7-5-19(23)6-8-20/h4-9,15,22,27H,2-3,10-14,16H2,1H3/t22-/m1/s1. The summed E-state index contributed by atoms with van der Waals surface area (Å²) < 4.78 is 38.6. The highest BCUT2D eigenvalue weighted by molar-refractivity contribution is 7.92. The van der Waals surface area contributed by atoms with E-state index in [-0.39, 0.29) is 5.82 Å². The predicted molar refractivity (Wildman–Crippen MR) is 117 cm³/mol. The predicted octanol–water partition coefficient (Wildman–Crippen LogP) is 2.39. The third-order valence-electron chi connectivity index (χ3n) is 5.96. The lowest BCUT2D eigenvalue weighted by Crippen LogP contribution is -2.47. The summed E-state index contributed by atoms with van der Waals surface area (Å²) >= 11 is 0. The van der Waals surface area contributed by atoms with Gasteiger partial charge in [-0.15, -0.1) is 0 Å². The monoisotopic (exact) mass is 433 g/mol. The van der Waals surface area contributed by atoms with Gasteiger partial charge in [0.05, 0.1) is 18.0 Å². The average Bonchev–Trinajstić information content (AvgIpc) is 2.73. The van der Waals surface area contributed by atoms with E-state index in [0.29, 0.717) is 13.1 Å². The van der Waals surface area contributed by atoms with Crippen LogP contribution in [0.25, 0.3) is 0 Å². The van der Waals surface area contributed by atoms with Crippen molar-refractivity contribution in [2.24, 2.45) is 0 Å². The highest BCUT2D eigenvalue weighted by atomic mass is 32.2. The van der Waals surface area contributed by atoms with E-state index in [1.807, 2.05) is 18.2 Å². The van der Waals surface area contributed by atoms with Gasteiger partial charge in [-0.3, -0.25) is 9.21 Å². The molecule has 4 rings (SSSR count). The van der Waals surface area contributed by atoms with E-state index >= 15 is 0 Å². The summed E-state index contributed by atoms with van der Waals surface area (Å²) in [6.07, 6.45) is 2.21. The zero-order chi connectivity index (χ0) is 21.3. The molecule has 2 heterocycles. The zero-order valence-corrected chi connectivity index (χ0v) is 18.0. The number of hydrogen-bond donors (Lipinski definition) is 1. The van der Waals surface area contributed by atoms with Crippen LogP contribution in [0.3, 0.4) is 0 Å². The van der Waals surface area contributed by atoms with Crippen LogP contribution >= 0.6 is 0 Å². The fourth-order valence-corrected chi connectivity index (χ4v) is 5.32. The molecule has 162 valence electrons. The number of fused-ring (bicyclic) bond motifs is 1. The Bertz CT molecular complexity index is 989. The highest BCUT2D eigenvalue weighted by Crippen LogP contribution is 2.31. The molecule has 2 aliphatic heterocycles. The number of aryl methyl sites for hydroxylation is 1. The molecule has 0 aromatic heterocycles. The number of benzene rings is 2. The Kier molecular flexibility index (Phi) is 5.99. The average molecular weight is 434 g/mol. The summed E-state index contributed by atoms with van der Waals surface area (Å²) in [6.45, 7) is 4.33. The smallest absolute Gasteiger partial charge is 0.232 e. The van der Waals surface area contributed by atoms with Crippen LogP contribution in [0, 0.1) is 5.82 Å². The van der Waals surface area contributed by atoms with Crippen LogP contribution in [0.2, 0.25) is 0 Å². The van der Waals surface area contributed by atoms with Crippen molar-refractivity contribution in [1.29, 1.82) is 0 Å². The number of aliphatic hydroxyl groups is 1. The maximum absolute atomic E-state index is 13.1. The second kappa shape index (κ2) is 8.53. The lowest BCUT2D eigenvalue weighted by atomic mass is 9.98. The van der Waals surface area contributed by atoms with Crippen LogP contribution in [0.1, 0.15) is 23.7 Å². The van der Waals surface area contributed by atoms with E-state index in [4.69, 9.17) is 0 Å². The van der Waals surface area contributed by atoms with Gasteiger partial charge in [0.1, 0.15) is 5.82 Å². The second-order valence-electron chi connectivity index (χ2n) is 8.11. The summed E-state index contributed by atoms with van der Waals surface area (Å²) in [7, 11) is -3.29. The summed E-state index contributed by atoms with van der Waals surface area (Å²) in [5.74, 6) is -0.231. The summed E-state index contributed by atoms with van der Waals surface area (Å²) in [5, 5.41) is 10.8. The van der Waals surface area contributed by atoms with Crippen molar-refractivity contribution < 1.29 is 17.9 Å². The van der Waals surface area contributed by atoms with Crippen LogP contribution < -0.4 is 9.21 Å². The quantitative estimate of drug-likeness (QED) is 0.785. The number of aliphatic hydroxyl groups excluding tert-OH is 1. The minimum atomic E-state index is -3.29. The first kappa shape index (κ1) is 21.1. The lowest BCUT2D eigenvalue weighted by Gasteiger charge is -2.37. The van der Waals surface area contributed by atoms with Crippen molar-refractivity contribution in [3.05, 3.63) is 59.4 Å². The number of β-amino-alcohol motifs (C(OH)–C–C–N with tert-alkyl or cyclic N) is 1. The van der Waals surface area contributed by atoms with E-state index < -0.39 is 16.1 Å². The van der Waals surface area contributed by atoms with Gasteiger partial charge in [-0.05, 0) is 54.3 Å². The molecule has 0 unspecified atom stereocenters. The first-order valence-electron chi connectivity index (χ1n) is 10.3. The molecule has 1 fully saturated rings. The molecular weight excluding hydrogens is 405 g/mol. The van der Waals surface area contributed by atoms with Crippen LogP contribution in [0.15, 0.2) is 42.5 Å². The topological polar surface area (TPSA) is 64.1 Å². The molecule has 0 saturated carbocycles. The van der Waals surface area contributed by atoms with Gasteiger partial charge in [-0.1, -0.05) is 12.1 Å². The van der Waals surface area contributed by atoms with Gasteiger partial charge in [0, 0.05) is 45.0 Å². The highest BCUT2D eigenvalue weighted by Gasteiger charge is 2.26. The molecule has 2 aromatic carbocycles. The molecule has 0 aliphatic carbocycles. The number of sulfonamides is 1. The van der Waals surface area contributed by atoms with Gasteiger partial charge in [0.25, 0.3) is 0 Å². The molecule has 6 nitrogen and oxygen atoms in total. The number of nitrogens with zero attached hydrogens (tertiary/aromatic N) is 3. The molecule has 30 heavy (non-hydrogen) atoms. The Labute approximate surface area is 177 Å². The van der Waals surface area contributed by atoms with Crippen molar-refractivity contribution in [2.75, 3.05) is 54.7 Å². The van der Waals surface area contributed by atoms with E-state index in [1.165, 1.54) is 22.7 Å². The van der Waals surface area contributed by atoms with Gasteiger partial charge >= 0.3 is 0 Å². The van der Waals surface area contributed by atoms with Crippen molar-refractivity contribution >= 4 is 21.4 Å². The van der Waals surface area contributed by atoms with Gasteiger partial charge < -0.3 is 10.0 Å². The molecule has 2 aliphatic rings. The van der Waals surface area contributed by atoms with Crippen LogP contribution in [-0.4, -0.2) is 63.9 Å². The zero-order valence-electron chi connectivity index (χ0n) is 17.2. The molecule has 1 atom stereocenters. The molecule has 2 aromatic rings. The van der Waals surface area contributed by atoms with Gasteiger partial charge in [-0.25, -0.2) is 12.8 Å². The number of halogens is 1. The normalized spacial score (nSPS) is 18.9. The number of anilines is 2. The first-order valence-corrected chi connectivity index (χ1v) is 12.2. The summed E-state index contributed by atoms with van der Waals surface area (Å²) in [5.41, 5.74) is 3.55. The Balaban J connectivity index is 1.38. The SMILES string of the molecule is CS(=O)(=O)N1CCCc2cc([C@H](O)CN3CCN(c4ccc(F)cc4)CC3)ccc21. The van der Waals surface area contributed by atoms with Gasteiger partial charge in [-0.2, -0.15) is 0 Å². The molecule has 0 radical (unpaired) electrons. The van der Waals surface area contributed by atoms with E-state index in [0.717, 1.165) is 61.5 Å². The molecule has 1 N–H and O–H groups in total. The Morgan fingerprint density at radius 3 is 2.40 bits per heavy atom. The van der Waals surface area contributed by atoms with Gasteiger partial charge in [0.15, 0.2) is 0 Å².